The number of aliphatic hydroxyl groups is 1. The lowest BCUT2D eigenvalue weighted by Crippen LogP contribution is -2.24. The lowest BCUT2D eigenvalue weighted by molar-refractivity contribution is 0.0727. The molecule has 0 aromatic heterocycles. The fraction of sp³-hybridized carbons (Fsp3) is 0.364. The molecule has 80 valence electrons. The number of nitrogens with zero attached hydrogens (tertiary/aromatic N) is 1. The summed E-state index contributed by atoms with van der Waals surface area (Å²) < 4.78 is 4.80. The standard InChI is InChI=1S/C11H14N2O2/c1-15-8-11(14)7-13-10-4-2-9(6-12)3-5-10/h2-5,11,13-14H,7-8H2,1H3. The fourth-order valence-electron chi connectivity index (χ4n) is 1.15. The van der Waals surface area contributed by atoms with Gasteiger partial charge in [-0.25, -0.2) is 0 Å². The van der Waals surface area contributed by atoms with Gasteiger partial charge in [0.15, 0.2) is 0 Å². The average molecular weight is 206 g/mol. The first-order valence-electron chi connectivity index (χ1n) is 4.67. The summed E-state index contributed by atoms with van der Waals surface area (Å²) in [5, 5.41) is 21.0. The van der Waals surface area contributed by atoms with Crippen LogP contribution in [0.15, 0.2) is 24.3 Å². The van der Waals surface area contributed by atoms with E-state index in [-0.39, 0.29) is 0 Å². The van der Waals surface area contributed by atoms with E-state index in [4.69, 9.17) is 10.00 Å². The Bertz CT molecular complexity index is 329. The first kappa shape index (κ1) is 11.5. The van der Waals surface area contributed by atoms with Crippen LogP contribution in [-0.2, 0) is 4.74 Å². The first-order chi connectivity index (χ1) is 7.26. The molecule has 1 aromatic carbocycles. The van der Waals surface area contributed by atoms with Crippen LogP contribution in [0.3, 0.4) is 0 Å². The topological polar surface area (TPSA) is 65.3 Å². The lowest BCUT2D eigenvalue weighted by atomic mass is 10.2. The van der Waals surface area contributed by atoms with Gasteiger partial charge in [-0.15, -0.1) is 0 Å². The minimum atomic E-state index is -0.523. The van der Waals surface area contributed by atoms with Crippen LogP contribution in [0.1, 0.15) is 5.56 Å². The SMILES string of the molecule is COCC(O)CNc1ccc(C#N)cc1. The maximum Gasteiger partial charge on any atom is 0.0991 e. The Morgan fingerprint density at radius 2 is 2.13 bits per heavy atom. The van der Waals surface area contributed by atoms with Gasteiger partial charge in [0.05, 0.1) is 24.3 Å². The summed E-state index contributed by atoms with van der Waals surface area (Å²) in [6.07, 6.45) is -0.523. The molecule has 0 amide bonds. The van der Waals surface area contributed by atoms with Gasteiger partial charge >= 0.3 is 0 Å². The minimum absolute atomic E-state index is 0.309. The van der Waals surface area contributed by atoms with Gasteiger partial charge in [0, 0.05) is 19.3 Å². The molecule has 0 heterocycles. The second-order valence-electron chi connectivity index (χ2n) is 3.18. The second kappa shape index (κ2) is 6.02. The highest BCUT2D eigenvalue weighted by Crippen LogP contribution is 2.08. The van der Waals surface area contributed by atoms with Gasteiger partial charge in [-0.05, 0) is 24.3 Å². The molecule has 0 aliphatic carbocycles. The van der Waals surface area contributed by atoms with E-state index >= 15 is 0 Å². The van der Waals surface area contributed by atoms with Crippen molar-refractivity contribution in [1.82, 2.24) is 0 Å². The molecule has 0 bridgehead atoms. The molecule has 4 nitrogen and oxygen atoms in total. The molecule has 0 aliphatic heterocycles. The van der Waals surface area contributed by atoms with Gasteiger partial charge < -0.3 is 15.2 Å². The van der Waals surface area contributed by atoms with E-state index in [2.05, 4.69) is 5.32 Å². The number of benzene rings is 1. The Morgan fingerprint density at radius 1 is 1.47 bits per heavy atom. The van der Waals surface area contributed by atoms with E-state index in [1.165, 1.54) is 0 Å². The van der Waals surface area contributed by atoms with Gasteiger partial charge in [0.25, 0.3) is 0 Å². The lowest BCUT2D eigenvalue weighted by Gasteiger charge is -2.11. The van der Waals surface area contributed by atoms with Crippen LogP contribution in [-0.4, -0.2) is 31.5 Å². The Balaban J connectivity index is 2.41. The van der Waals surface area contributed by atoms with Crippen LogP contribution in [0.5, 0.6) is 0 Å². The van der Waals surface area contributed by atoms with E-state index < -0.39 is 6.10 Å². The summed E-state index contributed by atoms with van der Waals surface area (Å²) in [6.45, 7) is 0.739. The third-order valence-corrected chi connectivity index (χ3v) is 1.91. The first-order valence-corrected chi connectivity index (χ1v) is 4.67. The summed E-state index contributed by atoms with van der Waals surface area (Å²) in [5.41, 5.74) is 1.50. The summed E-state index contributed by atoms with van der Waals surface area (Å²) in [7, 11) is 1.55. The van der Waals surface area contributed by atoms with Gasteiger partial charge in [-0.1, -0.05) is 0 Å². The van der Waals surface area contributed by atoms with Crippen molar-refractivity contribution in [2.45, 2.75) is 6.10 Å². The van der Waals surface area contributed by atoms with Crippen LogP contribution < -0.4 is 5.32 Å². The Labute approximate surface area is 89.1 Å². The van der Waals surface area contributed by atoms with Crippen LogP contribution in [0.25, 0.3) is 0 Å². The molecule has 0 aliphatic rings. The number of hydrogen-bond donors (Lipinski definition) is 2. The Morgan fingerprint density at radius 3 is 2.67 bits per heavy atom. The molecule has 1 atom stereocenters. The van der Waals surface area contributed by atoms with Gasteiger partial charge in [0.2, 0.25) is 0 Å². The normalized spacial score (nSPS) is 11.8. The quantitative estimate of drug-likeness (QED) is 0.753. The van der Waals surface area contributed by atoms with E-state index in [9.17, 15) is 5.11 Å². The number of nitriles is 1. The maximum atomic E-state index is 9.37. The van der Waals surface area contributed by atoms with E-state index in [1.54, 1.807) is 31.4 Å². The molecular weight excluding hydrogens is 192 g/mol. The van der Waals surface area contributed by atoms with Crippen molar-refractivity contribution >= 4 is 5.69 Å². The van der Waals surface area contributed by atoms with E-state index in [0.29, 0.717) is 18.7 Å². The van der Waals surface area contributed by atoms with Gasteiger partial charge in [-0.3, -0.25) is 0 Å². The van der Waals surface area contributed by atoms with Crippen molar-refractivity contribution in [3.63, 3.8) is 0 Å². The van der Waals surface area contributed by atoms with Crippen molar-refractivity contribution in [3.05, 3.63) is 29.8 Å². The Hall–Kier alpha value is -1.57. The zero-order valence-corrected chi connectivity index (χ0v) is 8.60. The van der Waals surface area contributed by atoms with Crippen molar-refractivity contribution in [1.29, 1.82) is 5.26 Å². The predicted molar refractivity (Wildman–Crippen MR) is 57.5 cm³/mol. The zero-order valence-electron chi connectivity index (χ0n) is 8.60. The number of nitrogens with one attached hydrogen (secondary N) is 1. The summed E-state index contributed by atoms with van der Waals surface area (Å²) in [4.78, 5) is 0. The second-order valence-corrected chi connectivity index (χ2v) is 3.18. The molecule has 15 heavy (non-hydrogen) atoms. The summed E-state index contributed by atoms with van der Waals surface area (Å²) >= 11 is 0. The number of methoxy groups -OCH3 is 1. The molecule has 1 aromatic rings. The highest BCUT2D eigenvalue weighted by Gasteiger charge is 2.02. The van der Waals surface area contributed by atoms with Crippen LogP contribution in [0.2, 0.25) is 0 Å². The summed E-state index contributed by atoms with van der Waals surface area (Å²) in [6, 6.07) is 9.10. The highest BCUT2D eigenvalue weighted by molar-refractivity contribution is 5.47. The number of hydrogen-bond acceptors (Lipinski definition) is 4. The smallest absolute Gasteiger partial charge is 0.0991 e. The van der Waals surface area contributed by atoms with Crippen molar-refractivity contribution in [2.75, 3.05) is 25.6 Å². The Kier molecular flexibility index (Phi) is 4.61. The maximum absolute atomic E-state index is 9.37. The molecule has 0 fully saturated rings. The van der Waals surface area contributed by atoms with Crippen molar-refractivity contribution in [2.24, 2.45) is 0 Å². The molecule has 2 N–H and O–H groups in total. The number of ether oxygens (including phenoxy) is 1. The fourth-order valence-corrected chi connectivity index (χ4v) is 1.15. The molecule has 0 saturated heterocycles. The third kappa shape index (κ3) is 3.98. The number of aliphatic hydroxyl groups excluding tert-OH is 1. The van der Waals surface area contributed by atoms with Gasteiger partial charge in [-0.2, -0.15) is 5.26 Å². The molecule has 0 spiro atoms. The summed E-state index contributed by atoms with van der Waals surface area (Å²) in [5.74, 6) is 0. The molecule has 0 saturated carbocycles. The zero-order chi connectivity index (χ0) is 11.1. The van der Waals surface area contributed by atoms with E-state index in [0.717, 1.165) is 5.69 Å². The van der Waals surface area contributed by atoms with Crippen LogP contribution in [0, 0.1) is 11.3 Å². The molecular formula is C11H14N2O2. The van der Waals surface area contributed by atoms with E-state index in [1.807, 2.05) is 6.07 Å². The third-order valence-electron chi connectivity index (χ3n) is 1.91. The van der Waals surface area contributed by atoms with Crippen LogP contribution in [0.4, 0.5) is 5.69 Å². The van der Waals surface area contributed by atoms with Gasteiger partial charge in [0.1, 0.15) is 0 Å². The molecule has 0 radical (unpaired) electrons. The monoisotopic (exact) mass is 206 g/mol. The molecule has 4 heteroatoms. The predicted octanol–water partition coefficient (Wildman–Crippen LogP) is 0.977. The average Bonchev–Trinajstić information content (AvgIpc) is 2.27. The number of anilines is 1. The molecule has 1 rings (SSSR count). The molecule has 1 unspecified atom stereocenters. The number of rotatable bonds is 5. The largest absolute Gasteiger partial charge is 0.389 e. The van der Waals surface area contributed by atoms with Crippen LogP contribution >= 0.6 is 0 Å². The highest BCUT2D eigenvalue weighted by atomic mass is 16.5. The van der Waals surface area contributed by atoms with Crippen molar-refractivity contribution < 1.29 is 9.84 Å². The van der Waals surface area contributed by atoms with Crippen molar-refractivity contribution in [3.8, 4) is 6.07 Å². The minimum Gasteiger partial charge on any atom is -0.389 e.